The van der Waals surface area contributed by atoms with Gasteiger partial charge in [-0.1, -0.05) is 32.3 Å². The van der Waals surface area contributed by atoms with Crippen LogP contribution >= 0.6 is 0 Å². The average Bonchev–Trinajstić information content (AvgIpc) is 2.51. The molecule has 0 aliphatic heterocycles. The lowest BCUT2D eigenvalue weighted by Gasteiger charge is -2.38. The van der Waals surface area contributed by atoms with Crippen LogP contribution in [0.1, 0.15) is 51.5 Å². The number of aliphatic hydroxyl groups is 1. The second kappa shape index (κ2) is 3.34. The van der Waals surface area contributed by atoms with Crippen molar-refractivity contribution in [1.29, 1.82) is 0 Å². The van der Waals surface area contributed by atoms with Crippen molar-refractivity contribution < 1.29 is 9.63 Å². The highest BCUT2D eigenvalue weighted by Crippen LogP contribution is 2.43. The molecule has 1 aromatic heterocycles. The van der Waals surface area contributed by atoms with Crippen LogP contribution in [0.25, 0.3) is 0 Å². The molecule has 0 atom stereocenters. The van der Waals surface area contributed by atoms with Crippen LogP contribution in [-0.4, -0.2) is 16.9 Å². The van der Waals surface area contributed by atoms with Crippen LogP contribution in [0.3, 0.4) is 0 Å². The maximum Gasteiger partial charge on any atom is 0.142 e. The lowest BCUT2D eigenvalue weighted by atomic mass is 9.67. The summed E-state index contributed by atoms with van der Waals surface area (Å²) in [5.41, 5.74) is 0.819. The first-order chi connectivity index (χ1) is 6.98. The van der Waals surface area contributed by atoms with Gasteiger partial charge in [0.15, 0.2) is 0 Å². The van der Waals surface area contributed by atoms with Crippen LogP contribution in [-0.2, 0) is 10.8 Å². The highest BCUT2D eigenvalue weighted by molar-refractivity contribution is 5.23. The van der Waals surface area contributed by atoms with Gasteiger partial charge in [-0.2, -0.15) is 0 Å². The van der Waals surface area contributed by atoms with E-state index in [1.54, 1.807) is 0 Å². The van der Waals surface area contributed by atoms with Gasteiger partial charge in [0.05, 0.1) is 12.3 Å². The largest absolute Gasteiger partial charge is 0.395 e. The van der Waals surface area contributed by atoms with Crippen molar-refractivity contribution in [3.8, 4) is 0 Å². The Morgan fingerprint density at radius 1 is 1.47 bits per heavy atom. The summed E-state index contributed by atoms with van der Waals surface area (Å²) < 4.78 is 5.35. The molecule has 1 aliphatic rings. The minimum Gasteiger partial charge on any atom is -0.395 e. The summed E-state index contributed by atoms with van der Waals surface area (Å²) >= 11 is 0. The molecule has 0 saturated heterocycles. The second-order valence-electron chi connectivity index (χ2n) is 5.62. The molecule has 1 aliphatic carbocycles. The molecular formula is C12H19NO2. The van der Waals surface area contributed by atoms with E-state index in [1.807, 2.05) is 6.07 Å². The molecule has 0 spiro atoms. The number of hydrogen-bond donors (Lipinski definition) is 1. The van der Waals surface area contributed by atoms with Crippen molar-refractivity contribution in [2.75, 3.05) is 6.61 Å². The van der Waals surface area contributed by atoms with Crippen LogP contribution in [0, 0.1) is 0 Å². The van der Waals surface area contributed by atoms with Crippen LogP contribution in [0.15, 0.2) is 10.6 Å². The third-order valence-electron chi connectivity index (χ3n) is 3.41. The molecule has 2 rings (SSSR count). The minimum absolute atomic E-state index is 0.00829. The van der Waals surface area contributed by atoms with E-state index in [4.69, 9.17) is 4.52 Å². The number of aromatic nitrogens is 1. The maximum absolute atomic E-state index is 9.42. The van der Waals surface area contributed by atoms with Gasteiger partial charge in [0.1, 0.15) is 5.76 Å². The molecule has 1 heterocycles. The molecule has 0 aromatic carbocycles. The van der Waals surface area contributed by atoms with Crippen molar-refractivity contribution in [1.82, 2.24) is 5.16 Å². The lowest BCUT2D eigenvalue weighted by Crippen LogP contribution is -2.38. The molecule has 0 unspecified atom stereocenters. The predicted molar refractivity (Wildman–Crippen MR) is 57.8 cm³/mol. The Balaban J connectivity index is 2.27. The Bertz CT molecular complexity index is 339. The number of nitrogens with zero attached hydrogens (tertiary/aromatic N) is 1. The summed E-state index contributed by atoms with van der Waals surface area (Å²) in [6.07, 6.45) is 3.23. The van der Waals surface area contributed by atoms with E-state index in [-0.39, 0.29) is 17.4 Å². The van der Waals surface area contributed by atoms with Gasteiger partial charge in [0.2, 0.25) is 0 Å². The smallest absolute Gasteiger partial charge is 0.142 e. The van der Waals surface area contributed by atoms with Crippen LogP contribution in [0.2, 0.25) is 0 Å². The molecule has 84 valence electrons. The molecule has 15 heavy (non-hydrogen) atoms. The number of rotatable bonds is 2. The quantitative estimate of drug-likeness (QED) is 0.813. The first kappa shape index (κ1) is 10.7. The summed E-state index contributed by atoms with van der Waals surface area (Å²) in [5.74, 6) is 0.900. The van der Waals surface area contributed by atoms with Gasteiger partial charge < -0.3 is 9.63 Å². The Morgan fingerprint density at radius 2 is 2.13 bits per heavy atom. The molecular weight excluding hydrogens is 190 g/mol. The van der Waals surface area contributed by atoms with E-state index in [2.05, 4.69) is 25.9 Å². The minimum atomic E-state index is -0.104. The zero-order valence-electron chi connectivity index (χ0n) is 9.71. The maximum atomic E-state index is 9.42. The van der Waals surface area contributed by atoms with Crippen LogP contribution < -0.4 is 0 Å². The molecule has 1 aromatic rings. The van der Waals surface area contributed by atoms with Gasteiger partial charge in [-0.05, 0) is 12.8 Å². The van der Waals surface area contributed by atoms with E-state index in [0.29, 0.717) is 0 Å². The third-order valence-corrected chi connectivity index (χ3v) is 3.41. The summed E-state index contributed by atoms with van der Waals surface area (Å²) in [5, 5.41) is 13.5. The fraction of sp³-hybridized carbons (Fsp3) is 0.750. The molecule has 3 heteroatoms. The Morgan fingerprint density at radius 3 is 2.47 bits per heavy atom. The third kappa shape index (κ3) is 1.69. The van der Waals surface area contributed by atoms with Gasteiger partial charge in [-0.3, -0.25) is 0 Å². The van der Waals surface area contributed by atoms with Crippen molar-refractivity contribution in [3.05, 3.63) is 17.5 Å². The average molecular weight is 209 g/mol. The fourth-order valence-corrected chi connectivity index (χ4v) is 1.98. The first-order valence-electron chi connectivity index (χ1n) is 5.56. The van der Waals surface area contributed by atoms with Crippen LogP contribution in [0.5, 0.6) is 0 Å². The number of aliphatic hydroxyl groups excluding tert-OH is 1. The zero-order valence-corrected chi connectivity index (χ0v) is 9.71. The van der Waals surface area contributed by atoms with E-state index in [9.17, 15) is 5.11 Å². The van der Waals surface area contributed by atoms with E-state index in [1.165, 1.54) is 6.42 Å². The topological polar surface area (TPSA) is 46.3 Å². The summed E-state index contributed by atoms with van der Waals surface area (Å²) in [6.45, 7) is 6.49. The predicted octanol–water partition coefficient (Wildman–Crippen LogP) is 2.39. The SMILES string of the molecule is CC(C)(C)c1cc(C2(CO)CCC2)no1. The molecule has 0 bridgehead atoms. The molecule has 1 N–H and O–H groups in total. The van der Waals surface area contributed by atoms with Gasteiger partial charge in [0.25, 0.3) is 0 Å². The van der Waals surface area contributed by atoms with Gasteiger partial charge in [-0.15, -0.1) is 0 Å². The van der Waals surface area contributed by atoms with Crippen molar-refractivity contribution in [3.63, 3.8) is 0 Å². The summed E-state index contributed by atoms with van der Waals surface area (Å²) in [4.78, 5) is 0. The Kier molecular flexibility index (Phi) is 2.38. The Hall–Kier alpha value is -0.830. The monoisotopic (exact) mass is 209 g/mol. The molecule has 3 nitrogen and oxygen atoms in total. The van der Waals surface area contributed by atoms with Gasteiger partial charge >= 0.3 is 0 Å². The van der Waals surface area contributed by atoms with Crippen molar-refractivity contribution in [2.45, 2.75) is 50.9 Å². The molecule has 0 amide bonds. The zero-order chi connectivity index (χ0) is 11.1. The molecule has 0 radical (unpaired) electrons. The fourth-order valence-electron chi connectivity index (χ4n) is 1.98. The van der Waals surface area contributed by atoms with E-state index in [0.717, 1.165) is 24.3 Å². The summed E-state index contributed by atoms with van der Waals surface area (Å²) in [7, 11) is 0. The van der Waals surface area contributed by atoms with Gasteiger partial charge in [-0.25, -0.2) is 0 Å². The summed E-state index contributed by atoms with van der Waals surface area (Å²) in [6, 6.07) is 2.01. The van der Waals surface area contributed by atoms with E-state index >= 15 is 0 Å². The van der Waals surface area contributed by atoms with Gasteiger partial charge in [0, 0.05) is 16.9 Å². The Labute approximate surface area is 90.5 Å². The normalized spacial score (nSPS) is 20.0. The van der Waals surface area contributed by atoms with E-state index < -0.39 is 0 Å². The lowest BCUT2D eigenvalue weighted by molar-refractivity contribution is 0.112. The first-order valence-corrected chi connectivity index (χ1v) is 5.56. The highest BCUT2D eigenvalue weighted by Gasteiger charge is 2.41. The molecule has 1 saturated carbocycles. The highest BCUT2D eigenvalue weighted by atomic mass is 16.5. The van der Waals surface area contributed by atoms with Crippen LogP contribution in [0.4, 0.5) is 0 Å². The van der Waals surface area contributed by atoms with Crippen molar-refractivity contribution >= 4 is 0 Å². The number of hydrogen-bond acceptors (Lipinski definition) is 3. The standard InChI is InChI=1S/C12H19NO2/c1-11(2,3)10-7-9(13-15-10)12(8-14)5-4-6-12/h7,14H,4-6,8H2,1-3H3. The second-order valence-corrected chi connectivity index (χ2v) is 5.62. The molecule has 1 fully saturated rings. The van der Waals surface area contributed by atoms with Crippen molar-refractivity contribution in [2.24, 2.45) is 0 Å².